The molecule has 0 saturated heterocycles. The van der Waals surface area contributed by atoms with Crippen LogP contribution in [0.15, 0.2) is 186 Å². The van der Waals surface area contributed by atoms with E-state index >= 15 is 0 Å². The predicted molar refractivity (Wildman–Crippen MR) is 198 cm³/mol. The van der Waals surface area contributed by atoms with Crippen molar-refractivity contribution in [2.75, 3.05) is 0 Å². The minimum atomic E-state index is 0.416. The first-order chi connectivity index (χ1) is 23.7. The Hall–Kier alpha value is -6.46. The van der Waals surface area contributed by atoms with Gasteiger partial charge in [-0.2, -0.15) is 0 Å². The van der Waals surface area contributed by atoms with E-state index in [1.807, 2.05) is 109 Å². The normalized spacial score (nSPS) is 11.8. The molecule has 6 aromatic carbocycles. The number of hydrogen-bond donors (Lipinski definition) is 1. The van der Waals surface area contributed by atoms with Crippen LogP contribution in [0.2, 0.25) is 0 Å². The number of aliphatic imine (C=N–C) groups is 2. The van der Waals surface area contributed by atoms with Gasteiger partial charge in [0.25, 0.3) is 0 Å². The number of amidine groups is 2. The van der Waals surface area contributed by atoms with Gasteiger partial charge in [0.1, 0.15) is 5.84 Å². The van der Waals surface area contributed by atoms with Gasteiger partial charge in [-0.1, -0.05) is 170 Å². The van der Waals surface area contributed by atoms with Gasteiger partial charge < -0.3 is 5.73 Å². The first-order valence-corrected chi connectivity index (χ1v) is 15.9. The van der Waals surface area contributed by atoms with Gasteiger partial charge in [-0.3, -0.25) is 4.99 Å². The molecule has 0 aliphatic carbocycles. The van der Waals surface area contributed by atoms with Crippen molar-refractivity contribution in [1.29, 1.82) is 0 Å². The van der Waals surface area contributed by atoms with Crippen molar-refractivity contribution in [3.8, 4) is 45.0 Å². The molecular formula is C43H33N5. The van der Waals surface area contributed by atoms with Crippen LogP contribution in [0.25, 0.3) is 45.0 Å². The zero-order chi connectivity index (χ0) is 32.5. The van der Waals surface area contributed by atoms with Crippen LogP contribution in [0, 0.1) is 0 Å². The van der Waals surface area contributed by atoms with E-state index in [0.717, 1.165) is 55.9 Å². The van der Waals surface area contributed by atoms with Gasteiger partial charge in [0, 0.05) is 27.8 Å². The van der Waals surface area contributed by atoms with Gasteiger partial charge in [0.2, 0.25) is 0 Å². The van der Waals surface area contributed by atoms with Crippen LogP contribution >= 0.6 is 0 Å². The molecule has 230 valence electrons. The molecule has 0 unspecified atom stereocenters. The number of benzene rings is 6. The second-order valence-electron chi connectivity index (χ2n) is 11.3. The molecule has 0 aliphatic rings. The highest BCUT2D eigenvalue weighted by Gasteiger charge is 2.14. The largest absolute Gasteiger partial charge is 0.383 e. The summed E-state index contributed by atoms with van der Waals surface area (Å²) in [5.41, 5.74) is 16.2. The van der Waals surface area contributed by atoms with Crippen molar-refractivity contribution in [2.24, 2.45) is 15.7 Å². The number of rotatable bonds is 8. The van der Waals surface area contributed by atoms with Crippen LogP contribution in [0.4, 0.5) is 0 Å². The molecule has 5 nitrogen and oxygen atoms in total. The minimum Gasteiger partial charge on any atom is -0.383 e. The van der Waals surface area contributed by atoms with Crippen molar-refractivity contribution in [1.82, 2.24) is 9.97 Å². The van der Waals surface area contributed by atoms with Crippen molar-refractivity contribution in [2.45, 2.75) is 6.54 Å². The highest BCUT2D eigenvalue weighted by molar-refractivity contribution is 6.13. The Morgan fingerprint density at radius 3 is 1.65 bits per heavy atom. The third kappa shape index (κ3) is 7.01. The predicted octanol–water partition coefficient (Wildman–Crippen LogP) is 9.50. The fourth-order valence-electron chi connectivity index (χ4n) is 5.54. The summed E-state index contributed by atoms with van der Waals surface area (Å²) in [6.45, 7) is 0.482. The molecule has 1 aromatic heterocycles. The van der Waals surface area contributed by atoms with Gasteiger partial charge >= 0.3 is 0 Å². The molecule has 7 rings (SSSR count). The minimum absolute atomic E-state index is 0.416. The summed E-state index contributed by atoms with van der Waals surface area (Å²) in [5.74, 6) is 1.69. The van der Waals surface area contributed by atoms with Crippen LogP contribution in [-0.4, -0.2) is 21.6 Å². The monoisotopic (exact) mass is 619 g/mol. The first-order valence-electron chi connectivity index (χ1n) is 15.9. The molecule has 48 heavy (non-hydrogen) atoms. The molecule has 0 aliphatic heterocycles. The number of hydrogen-bond acceptors (Lipinski definition) is 3. The molecule has 7 aromatic rings. The van der Waals surface area contributed by atoms with Gasteiger partial charge in [-0.05, 0) is 22.8 Å². The lowest BCUT2D eigenvalue weighted by Crippen LogP contribution is -2.16. The molecule has 0 radical (unpaired) electrons. The van der Waals surface area contributed by atoms with Crippen molar-refractivity contribution in [3.05, 3.63) is 193 Å². The average molecular weight is 620 g/mol. The fraction of sp³-hybridized carbons (Fsp3) is 0.0233. The van der Waals surface area contributed by atoms with Crippen molar-refractivity contribution < 1.29 is 0 Å². The van der Waals surface area contributed by atoms with E-state index < -0.39 is 0 Å². The zero-order valence-electron chi connectivity index (χ0n) is 26.3. The Morgan fingerprint density at radius 1 is 0.500 bits per heavy atom. The third-order valence-electron chi connectivity index (χ3n) is 8.04. The van der Waals surface area contributed by atoms with Crippen LogP contribution in [0.1, 0.15) is 16.7 Å². The molecule has 0 atom stereocenters. The van der Waals surface area contributed by atoms with Gasteiger partial charge in [0.05, 0.1) is 17.9 Å². The number of aromatic nitrogens is 2. The highest BCUT2D eigenvalue weighted by Crippen LogP contribution is 2.31. The van der Waals surface area contributed by atoms with E-state index in [-0.39, 0.29) is 0 Å². The lowest BCUT2D eigenvalue weighted by molar-refractivity contribution is 1.06. The average Bonchev–Trinajstić information content (AvgIpc) is 3.18. The smallest absolute Gasteiger partial charge is 0.160 e. The summed E-state index contributed by atoms with van der Waals surface area (Å²) in [6, 6.07) is 59.0. The lowest BCUT2D eigenvalue weighted by atomic mass is 9.97. The maximum absolute atomic E-state index is 6.54. The van der Waals surface area contributed by atoms with Crippen LogP contribution in [-0.2, 0) is 6.54 Å². The first kappa shape index (κ1) is 30.2. The van der Waals surface area contributed by atoms with Crippen molar-refractivity contribution in [3.63, 3.8) is 0 Å². The Morgan fingerprint density at radius 2 is 1.00 bits per heavy atom. The zero-order valence-corrected chi connectivity index (χ0v) is 26.3. The summed E-state index contributed by atoms with van der Waals surface area (Å²) in [6.07, 6.45) is 0. The molecule has 0 amide bonds. The van der Waals surface area contributed by atoms with E-state index in [2.05, 4.69) is 66.7 Å². The molecule has 0 bridgehead atoms. The van der Waals surface area contributed by atoms with Crippen molar-refractivity contribution >= 4 is 11.7 Å². The molecule has 2 N–H and O–H groups in total. The summed E-state index contributed by atoms with van der Waals surface area (Å²) in [4.78, 5) is 19.8. The summed E-state index contributed by atoms with van der Waals surface area (Å²) >= 11 is 0. The number of nitrogens with two attached hydrogens (primary N) is 1. The third-order valence-corrected chi connectivity index (χ3v) is 8.04. The summed E-state index contributed by atoms with van der Waals surface area (Å²) in [5, 5.41) is 0. The maximum Gasteiger partial charge on any atom is 0.160 e. The van der Waals surface area contributed by atoms with E-state index in [1.165, 1.54) is 0 Å². The van der Waals surface area contributed by atoms with Crippen LogP contribution in [0.5, 0.6) is 0 Å². The summed E-state index contributed by atoms with van der Waals surface area (Å²) < 4.78 is 0. The number of nitrogens with zero attached hydrogens (tertiary/aromatic N) is 4. The van der Waals surface area contributed by atoms with E-state index in [0.29, 0.717) is 24.0 Å². The Balaban J connectivity index is 1.28. The van der Waals surface area contributed by atoms with E-state index in [9.17, 15) is 0 Å². The molecular weight excluding hydrogens is 587 g/mol. The standard InChI is InChI=1S/C43H33N5/c44-41(35-19-9-3-10-20-35)48-43(45-30-31-15-5-1-6-16-31)38-24-14-13-23-37(38)32-25-27-34(28-26-32)40-29-39(33-17-7-2-8-18-33)46-42(47-40)36-21-11-4-12-22-36/h1-29H,30H2,(H2,44,45,48). The Labute approximate surface area is 280 Å². The molecule has 0 saturated carbocycles. The lowest BCUT2D eigenvalue weighted by Gasteiger charge is -2.13. The van der Waals surface area contributed by atoms with Gasteiger partial charge in [-0.15, -0.1) is 0 Å². The second kappa shape index (κ2) is 14.3. The Kier molecular flexibility index (Phi) is 9.01. The van der Waals surface area contributed by atoms with Gasteiger partial charge in [0.15, 0.2) is 11.7 Å². The topological polar surface area (TPSA) is 76.5 Å². The SMILES string of the molecule is N/C(=N\C(=N/Cc1ccccc1)c1ccccc1-c1ccc(-c2cc(-c3ccccc3)nc(-c3ccccc3)n2)cc1)c1ccccc1. The van der Waals surface area contributed by atoms with Crippen LogP contribution < -0.4 is 5.73 Å². The van der Waals surface area contributed by atoms with Crippen LogP contribution in [0.3, 0.4) is 0 Å². The second-order valence-corrected chi connectivity index (χ2v) is 11.3. The van der Waals surface area contributed by atoms with E-state index in [1.54, 1.807) is 0 Å². The fourth-order valence-corrected chi connectivity index (χ4v) is 5.54. The maximum atomic E-state index is 6.54. The summed E-state index contributed by atoms with van der Waals surface area (Å²) in [7, 11) is 0. The molecule has 5 heteroatoms. The molecule has 0 fully saturated rings. The Bertz CT molecular complexity index is 2120. The molecule has 1 heterocycles. The quantitative estimate of drug-likeness (QED) is 0.136. The molecule has 0 spiro atoms. The van der Waals surface area contributed by atoms with E-state index in [4.69, 9.17) is 25.7 Å². The highest BCUT2D eigenvalue weighted by atomic mass is 15.0. The van der Waals surface area contributed by atoms with Gasteiger partial charge in [-0.25, -0.2) is 15.0 Å².